The molecular formula is C19H18N5O3+. The Morgan fingerprint density at radius 3 is 2.37 bits per heavy atom. The van der Waals surface area contributed by atoms with Crippen molar-refractivity contribution in [1.29, 1.82) is 0 Å². The number of rotatable bonds is 6. The number of hydrogen-bond donors (Lipinski definition) is 2. The first-order valence-electron chi connectivity index (χ1n) is 8.24. The molecule has 0 unspecified atom stereocenters. The number of carbonyl (C=O) groups is 2. The number of aromatic nitrogens is 3. The van der Waals surface area contributed by atoms with Gasteiger partial charge in [-0.25, -0.2) is 4.79 Å². The topological polar surface area (TPSA) is 100 Å². The zero-order valence-electron chi connectivity index (χ0n) is 14.6. The normalized spacial score (nSPS) is 10.9. The quantitative estimate of drug-likeness (QED) is 0.380. The second kappa shape index (κ2) is 8.05. The predicted molar refractivity (Wildman–Crippen MR) is 98.8 cm³/mol. The highest BCUT2D eigenvalue weighted by atomic mass is 16.2. The summed E-state index contributed by atoms with van der Waals surface area (Å²) in [5, 5.41) is 9.15. The number of nitrogens with zero attached hydrogens (tertiary/aromatic N) is 3. The van der Waals surface area contributed by atoms with E-state index >= 15 is 0 Å². The van der Waals surface area contributed by atoms with E-state index in [0.717, 1.165) is 10.4 Å². The third-order valence-electron chi connectivity index (χ3n) is 3.84. The minimum atomic E-state index is -0.651. The van der Waals surface area contributed by atoms with Gasteiger partial charge in [0.1, 0.15) is 0 Å². The van der Waals surface area contributed by atoms with Gasteiger partial charge < -0.3 is 5.32 Å². The monoisotopic (exact) mass is 364 g/mol. The van der Waals surface area contributed by atoms with Gasteiger partial charge in [-0.1, -0.05) is 71.0 Å². The second-order valence-corrected chi connectivity index (χ2v) is 5.68. The summed E-state index contributed by atoms with van der Waals surface area (Å²) in [6, 6.07) is 17.8. The second-order valence-electron chi connectivity index (χ2n) is 5.68. The van der Waals surface area contributed by atoms with Crippen molar-refractivity contribution >= 4 is 17.9 Å². The summed E-state index contributed by atoms with van der Waals surface area (Å²) in [7, 11) is 1.41. The van der Waals surface area contributed by atoms with Crippen LogP contribution in [0.1, 0.15) is 26.4 Å². The van der Waals surface area contributed by atoms with Crippen LogP contribution >= 0.6 is 0 Å². The van der Waals surface area contributed by atoms with E-state index < -0.39 is 11.5 Å². The van der Waals surface area contributed by atoms with Gasteiger partial charge in [0.2, 0.25) is 5.78 Å². The summed E-state index contributed by atoms with van der Waals surface area (Å²) in [4.78, 5) is 38.1. The number of aromatic amines is 1. The molecule has 0 aliphatic heterocycles. The average molecular weight is 364 g/mol. The van der Waals surface area contributed by atoms with Crippen LogP contribution in [0.2, 0.25) is 0 Å². The summed E-state index contributed by atoms with van der Waals surface area (Å²) >= 11 is 0. The molecule has 1 aromatic heterocycles. The van der Waals surface area contributed by atoms with Gasteiger partial charge in [0.25, 0.3) is 0 Å². The van der Waals surface area contributed by atoms with Gasteiger partial charge in [-0.2, -0.15) is 0 Å². The zero-order valence-corrected chi connectivity index (χ0v) is 14.6. The van der Waals surface area contributed by atoms with Gasteiger partial charge in [0.05, 0.1) is 6.21 Å². The number of amides is 1. The summed E-state index contributed by atoms with van der Waals surface area (Å²) in [5.41, 5.74) is 0.413. The molecule has 0 atom stereocenters. The standard InChI is InChI=1S/C19H17N5O3/c1-20-18(26)17-19(27)24(21-12-14-8-4-2-5-9-14)22-23(17)13-16(25)15-10-6-3-7-11-15/h2-12H,13H2,1H3,(H-,20,22,26,27)/p+1. The van der Waals surface area contributed by atoms with Crippen LogP contribution in [0.15, 0.2) is 70.6 Å². The minimum absolute atomic E-state index is 0.199. The first-order chi connectivity index (χ1) is 13.1. The maximum atomic E-state index is 12.6. The van der Waals surface area contributed by atoms with Gasteiger partial charge in [-0.3, -0.25) is 9.59 Å². The number of nitrogens with one attached hydrogen (secondary N) is 2. The lowest BCUT2D eigenvalue weighted by molar-refractivity contribution is -0.744. The Kier molecular flexibility index (Phi) is 5.36. The van der Waals surface area contributed by atoms with E-state index in [1.165, 1.54) is 17.9 Å². The van der Waals surface area contributed by atoms with E-state index in [0.29, 0.717) is 5.56 Å². The Hall–Kier alpha value is -3.81. The molecule has 0 bridgehead atoms. The fourth-order valence-corrected chi connectivity index (χ4v) is 2.48. The van der Waals surface area contributed by atoms with Gasteiger partial charge in [0.15, 0.2) is 6.54 Å². The molecule has 3 aromatic rings. The smallest absolute Gasteiger partial charge is 0.352 e. The van der Waals surface area contributed by atoms with Crippen LogP contribution in [0.25, 0.3) is 0 Å². The van der Waals surface area contributed by atoms with Crippen LogP contribution in [-0.2, 0) is 6.54 Å². The molecular weight excluding hydrogens is 346 g/mol. The predicted octanol–water partition coefficient (Wildman–Crippen LogP) is 0.589. The molecule has 0 fully saturated rings. The molecule has 1 amide bonds. The molecule has 8 nitrogen and oxygen atoms in total. The van der Waals surface area contributed by atoms with E-state index in [2.05, 4.69) is 15.6 Å². The van der Waals surface area contributed by atoms with Crippen LogP contribution in [0.5, 0.6) is 0 Å². The van der Waals surface area contributed by atoms with Crippen molar-refractivity contribution in [3.05, 3.63) is 87.8 Å². The van der Waals surface area contributed by atoms with Crippen LogP contribution in [0.4, 0.5) is 0 Å². The van der Waals surface area contributed by atoms with Gasteiger partial charge in [0, 0.05) is 17.4 Å². The van der Waals surface area contributed by atoms with Crippen LogP contribution in [0, 0.1) is 0 Å². The molecule has 2 N–H and O–H groups in total. The van der Waals surface area contributed by atoms with Crippen molar-refractivity contribution in [1.82, 2.24) is 15.3 Å². The first kappa shape index (κ1) is 18.0. The van der Waals surface area contributed by atoms with Crippen molar-refractivity contribution in [3.8, 4) is 0 Å². The molecule has 8 heteroatoms. The third kappa shape index (κ3) is 4.06. The van der Waals surface area contributed by atoms with Crippen molar-refractivity contribution in [2.45, 2.75) is 6.54 Å². The van der Waals surface area contributed by atoms with Gasteiger partial charge in [-0.05, 0) is 5.56 Å². The minimum Gasteiger partial charge on any atom is -0.352 e. The SMILES string of the molecule is CNC(=O)c1c(=O)n(N=Cc2ccccc2)[nH][n+]1CC(=O)c1ccccc1. The Morgan fingerprint density at radius 2 is 1.74 bits per heavy atom. The summed E-state index contributed by atoms with van der Waals surface area (Å²) in [6.45, 7) is -0.199. The van der Waals surface area contributed by atoms with E-state index in [1.54, 1.807) is 30.3 Å². The molecule has 0 saturated carbocycles. The highest BCUT2D eigenvalue weighted by Crippen LogP contribution is 2.00. The molecule has 3 rings (SSSR count). The highest BCUT2D eigenvalue weighted by Gasteiger charge is 2.29. The van der Waals surface area contributed by atoms with Crippen molar-refractivity contribution < 1.29 is 14.3 Å². The molecule has 0 aliphatic rings. The van der Waals surface area contributed by atoms with Gasteiger partial charge >= 0.3 is 17.2 Å². The summed E-state index contributed by atoms with van der Waals surface area (Å²) in [5.74, 6) is -0.850. The maximum absolute atomic E-state index is 12.6. The maximum Gasteiger partial charge on any atom is 0.432 e. The fraction of sp³-hybridized carbons (Fsp3) is 0.105. The fourth-order valence-electron chi connectivity index (χ4n) is 2.48. The number of Topliss-reactive ketones (excluding diaryl/α,β-unsaturated/α-hetero) is 1. The molecule has 136 valence electrons. The molecule has 2 aromatic carbocycles. The molecule has 0 radical (unpaired) electrons. The Bertz CT molecular complexity index is 1040. The lowest BCUT2D eigenvalue weighted by Crippen LogP contribution is -2.48. The zero-order chi connectivity index (χ0) is 19.2. The lowest BCUT2D eigenvalue weighted by Gasteiger charge is -1.99. The molecule has 1 heterocycles. The number of ketones is 1. The number of carbonyl (C=O) groups excluding carboxylic acids is 2. The number of H-pyrrole nitrogens is 1. The highest BCUT2D eigenvalue weighted by molar-refractivity contribution is 5.95. The van der Waals surface area contributed by atoms with Crippen LogP contribution < -0.4 is 15.6 Å². The van der Waals surface area contributed by atoms with E-state index in [9.17, 15) is 14.4 Å². The Labute approximate surface area is 154 Å². The van der Waals surface area contributed by atoms with E-state index in [4.69, 9.17) is 0 Å². The molecule has 0 aliphatic carbocycles. The third-order valence-corrected chi connectivity index (χ3v) is 3.84. The Morgan fingerprint density at radius 1 is 1.11 bits per heavy atom. The Balaban J connectivity index is 1.95. The number of benzene rings is 2. The van der Waals surface area contributed by atoms with E-state index in [1.807, 2.05) is 30.3 Å². The largest absolute Gasteiger partial charge is 0.432 e. The van der Waals surface area contributed by atoms with E-state index in [-0.39, 0.29) is 18.0 Å². The molecule has 27 heavy (non-hydrogen) atoms. The first-order valence-corrected chi connectivity index (χ1v) is 8.24. The number of hydrogen-bond acceptors (Lipinski definition) is 4. The lowest BCUT2D eigenvalue weighted by atomic mass is 10.1. The van der Waals surface area contributed by atoms with Crippen molar-refractivity contribution in [3.63, 3.8) is 0 Å². The van der Waals surface area contributed by atoms with Crippen molar-refractivity contribution in [2.75, 3.05) is 7.05 Å². The molecule has 0 spiro atoms. The average Bonchev–Trinajstić information content (AvgIpc) is 3.02. The van der Waals surface area contributed by atoms with Gasteiger partial charge in [-0.15, -0.1) is 4.68 Å². The molecule has 0 saturated heterocycles. The summed E-state index contributed by atoms with van der Waals surface area (Å²) < 4.78 is 1.19. The summed E-state index contributed by atoms with van der Waals surface area (Å²) in [6.07, 6.45) is 1.48. The van der Waals surface area contributed by atoms with Crippen molar-refractivity contribution in [2.24, 2.45) is 5.10 Å². The van der Waals surface area contributed by atoms with Crippen LogP contribution in [-0.4, -0.2) is 35.0 Å². The van der Waals surface area contributed by atoms with Crippen LogP contribution in [0.3, 0.4) is 0 Å².